The van der Waals surface area contributed by atoms with Crippen molar-refractivity contribution in [3.8, 4) is 17.7 Å². The summed E-state index contributed by atoms with van der Waals surface area (Å²) < 4.78 is 33.6. The first-order chi connectivity index (χ1) is 18.7. The van der Waals surface area contributed by atoms with E-state index >= 15 is 0 Å². The fourth-order valence-electron chi connectivity index (χ4n) is 4.26. The fraction of sp³-hybridized carbons (Fsp3) is 0.300. The van der Waals surface area contributed by atoms with Crippen molar-refractivity contribution in [1.29, 1.82) is 0 Å². The molecule has 0 aliphatic carbocycles. The molecule has 0 radical (unpaired) electrons. The summed E-state index contributed by atoms with van der Waals surface area (Å²) >= 11 is 0. The molecule has 0 spiro atoms. The Hall–Kier alpha value is -4.29. The zero-order chi connectivity index (χ0) is 28.1. The summed E-state index contributed by atoms with van der Waals surface area (Å²) in [6.45, 7) is 3.72. The van der Waals surface area contributed by atoms with Crippen molar-refractivity contribution in [3.05, 3.63) is 94.7 Å². The highest BCUT2D eigenvalue weighted by Gasteiger charge is 2.35. The number of fused-ring (bicyclic) bond motifs is 1. The van der Waals surface area contributed by atoms with Gasteiger partial charge in [-0.2, -0.15) is 0 Å². The van der Waals surface area contributed by atoms with E-state index in [1.165, 1.54) is 41.4 Å². The first-order valence-electron chi connectivity index (χ1n) is 12.5. The Kier molecular flexibility index (Phi) is 8.57. The van der Waals surface area contributed by atoms with E-state index in [2.05, 4.69) is 16.8 Å². The van der Waals surface area contributed by atoms with Gasteiger partial charge in [0.1, 0.15) is 23.3 Å². The van der Waals surface area contributed by atoms with Crippen LogP contribution in [0.2, 0.25) is 0 Å². The molecule has 9 heteroatoms. The van der Waals surface area contributed by atoms with Gasteiger partial charge in [0.05, 0.1) is 24.8 Å². The molecule has 0 bridgehead atoms. The van der Waals surface area contributed by atoms with E-state index < -0.39 is 23.9 Å². The molecule has 39 heavy (non-hydrogen) atoms. The molecule has 0 fully saturated rings. The molecule has 1 aromatic heterocycles. The monoisotopic (exact) mass is 533 g/mol. The van der Waals surface area contributed by atoms with Gasteiger partial charge in [-0.05, 0) is 49.4 Å². The van der Waals surface area contributed by atoms with Crippen molar-refractivity contribution >= 4 is 11.8 Å². The summed E-state index contributed by atoms with van der Waals surface area (Å²) in [5.74, 6) is 3.82. The Morgan fingerprint density at radius 2 is 1.87 bits per heavy atom. The maximum Gasteiger partial charge on any atom is 0.259 e. The third kappa shape index (κ3) is 6.41. The Morgan fingerprint density at radius 1 is 1.18 bits per heavy atom. The minimum absolute atomic E-state index is 0.0490. The van der Waals surface area contributed by atoms with Crippen LogP contribution in [0.25, 0.3) is 0 Å². The zero-order valence-corrected chi connectivity index (χ0v) is 21.9. The van der Waals surface area contributed by atoms with Gasteiger partial charge in [0.2, 0.25) is 5.88 Å². The number of rotatable bonds is 5. The van der Waals surface area contributed by atoms with Gasteiger partial charge in [0, 0.05) is 36.8 Å². The largest absolute Gasteiger partial charge is 0.472 e. The van der Waals surface area contributed by atoms with E-state index in [0.29, 0.717) is 11.1 Å². The highest BCUT2D eigenvalue weighted by Crippen LogP contribution is 2.27. The molecule has 1 aliphatic heterocycles. The molecular weight excluding hydrogens is 504 g/mol. The minimum atomic E-state index is -0.615. The number of hydrogen-bond acceptors (Lipinski definition) is 5. The number of amides is 2. The van der Waals surface area contributed by atoms with Crippen molar-refractivity contribution in [2.24, 2.45) is 5.92 Å². The molecule has 7 nitrogen and oxygen atoms in total. The predicted molar refractivity (Wildman–Crippen MR) is 141 cm³/mol. The van der Waals surface area contributed by atoms with Crippen LogP contribution < -0.4 is 4.74 Å². The number of likely N-dealkylation sites (N-methyl/N-ethyl adjacent to an activating group) is 1. The van der Waals surface area contributed by atoms with Crippen LogP contribution in [-0.2, 0) is 0 Å². The molecule has 0 unspecified atom stereocenters. The van der Waals surface area contributed by atoms with E-state index in [1.54, 1.807) is 43.1 Å². The number of nitrogens with zero attached hydrogens (tertiary/aromatic N) is 3. The average Bonchev–Trinajstić information content (AvgIpc) is 2.94. The van der Waals surface area contributed by atoms with Crippen LogP contribution in [0.4, 0.5) is 8.78 Å². The molecule has 3 atom stereocenters. The third-order valence-electron chi connectivity index (χ3n) is 6.62. The highest BCUT2D eigenvalue weighted by molar-refractivity contribution is 5.97. The van der Waals surface area contributed by atoms with E-state index in [9.17, 15) is 23.5 Å². The van der Waals surface area contributed by atoms with Crippen LogP contribution in [0.15, 0.2) is 60.8 Å². The first-order valence-corrected chi connectivity index (χ1v) is 12.5. The van der Waals surface area contributed by atoms with Crippen molar-refractivity contribution in [3.63, 3.8) is 0 Å². The smallest absolute Gasteiger partial charge is 0.259 e. The molecule has 1 N–H and O–H groups in total. The Bertz CT molecular complexity index is 1420. The van der Waals surface area contributed by atoms with Gasteiger partial charge in [-0.25, -0.2) is 13.8 Å². The summed E-state index contributed by atoms with van der Waals surface area (Å²) in [4.78, 5) is 33.8. The maximum absolute atomic E-state index is 14.2. The van der Waals surface area contributed by atoms with E-state index in [0.717, 1.165) is 0 Å². The number of pyridine rings is 1. The average molecular weight is 534 g/mol. The van der Waals surface area contributed by atoms with Crippen molar-refractivity contribution < 1.29 is 28.2 Å². The fourth-order valence-corrected chi connectivity index (χ4v) is 4.26. The second-order valence-electron chi connectivity index (χ2n) is 9.62. The van der Waals surface area contributed by atoms with E-state index in [1.807, 2.05) is 6.92 Å². The summed E-state index contributed by atoms with van der Waals surface area (Å²) in [5.41, 5.74) is 1.16. The predicted octanol–water partition coefficient (Wildman–Crippen LogP) is 3.75. The number of carbonyl (C=O) groups excluding carboxylic acids is 2. The Balaban J connectivity index is 1.65. The van der Waals surface area contributed by atoms with Gasteiger partial charge in [0.25, 0.3) is 11.8 Å². The van der Waals surface area contributed by atoms with Crippen LogP contribution >= 0.6 is 0 Å². The first kappa shape index (κ1) is 27.7. The SMILES string of the molecule is C[C@@H]1CN([C@H](C)CO)C(=O)c2cc(C#Cc3ccc(F)cc3)cnc2O[C@@H]1CN(C)C(=O)c1ccccc1F. The number of ether oxygens (including phenoxy) is 1. The lowest BCUT2D eigenvalue weighted by molar-refractivity contribution is 0.0312. The number of aliphatic hydroxyl groups is 1. The summed E-state index contributed by atoms with van der Waals surface area (Å²) in [5, 5.41) is 9.84. The van der Waals surface area contributed by atoms with Gasteiger partial charge < -0.3 is 19.6 Å². The molecule has 0 saturated carbocycles. The van der Waals surface area contributed by atoms with Gasteiger partial charge >= 0.3 is 0 Å². The standard InChI is InChI=1S/C30H29F2N3O4/c1-19-16-35(20(2)18-36)30(38)25-14-22(9-8-21-10-12-23(31)13-11-21)15-33-28(25)39-27(19)17-34(3)29(37)24-6-4-5-7-26(24)32/h4-7,10-15,19-20,27,36H,16-18H2,1-3H3/t19-,20-,27-/m1/s1. The normalized spacial score (nSPS) is 17.6. The summed E-state index contributed by atoms with van der Waals surface area (Å²) in [6.07, 6.45) is 0.884. The zero-order valence-electron chi connectivity index (χ0n) is 21.9. The van der Waals surface area contributed by atoms with Gasteiger partial charge in [-0.3, -0.25) is 9.59 Å². The number of carbonyl (C=O) groups is 2. The van der Waals surface area contributed by atoms with Gasteiger partial charge in [0.15, 0.2) is 0 Å². The third-order valence-corrected chi connectivity index (χ3v) is 6.62. The van der Waals surface area contributed by atoms with E-state index in [-0.39, 0.29) is 54.3 Å². The van der Waals surface area contributed by atoms with Crippen LogP contribution in [0, 0.1) is 29.4 Å². The van der Waals surface area contributed by atoms with Gasteiger partial charge in [-0.1, -0.05) is 30.9 Å². The number of hydrogen-bond donors (Lipinski definition) is 1. The number of benzene rings is 2. The Morgan fingerprint density at radius 3 is 2.56 bits per heavy atom. The molecule has 202 valence electrons. The van der Waals surface area contributed by atoms with Crippen LogP contribution in [-0.4, -0.2) is 70.6 Å². The van der Waals surface area contributed by atoms with Gasteiger partial charge in [-0.15, -0.1) is 0 Å². The quantitative estimate of drug-likeness (QED) is 0.506. The molecule has 3 aromatic rings. The summed E-state index contributed by atoms with van der Waals surface area (Å²) in [6, 6.07) is 12.6. The molecule has 2 aromatic carbocycles. The molecule has 1 aliphatic rings. The lowest BCUT2D eigenvalue weighted by atomic mass is 9.99. The molecule has 2 heterocycles. The summed E-state index contributed by atoms with van der Waals surface area (Å²) in [7, 11) is 1.56. The van der Waals surface area contributed by atoms with Crippen LogP contribution in [0.3, 0.4) is 0 Å². The second-order valence-corrected chi connectivity index (χ2v) is 9.62. The molecule has 0 saturated heterocycles. The molecular formula is C30H29F2N3O4. The van der Waals surface area contributed by atoms with Crippen LogP contribution in [0.1, 0.15) is 45.7 Å². The maximum atomic E-state index is 14.2. The van der Waals surface area contributed by atoms with Crippen molar-refractivity contribution in [2.45, 2.75) is 26.0 Å². The minimum Gasteiger partial charge on any atom is -0.472 e. The lowest BCUT2D eigenvalue weighted by Crippen LogP contribution is -2.50. The Labute approximate surface area is 226 Å². The topological polar surface area (TPSA) is 83.0 Å². The van der Waals surface area contributed by atoms with E-state index in [4.69, 9.17) is 4.74 Å². The number of aromatic nitrogens is 1. The molecule has 4 rings (SSSR count). The van der Waals surface area contributed by atoms with Crippen LogP contribution in [0.5, 0.6) is 5.88 Å². The molecule has 2 amide bonds. The number of aliphatic hydroxyl groups excluding tert-OH is 1. The van der Waals surface area contributed by atoms with Crippen molar-refractivity contribution in [1.82, 2.24) is 14.8 Å². The highest BCUT2D eigenvalue weighted by atomic mass is 19.1. The number of halogens is 2. The lowest BCUT2D eigenvalue weighted by Gasteiger charge is -2.37. The second kappa shape index (κ2) is 12.0. The van der Waals surface area contributed by atoms with Crippen molar-refractivity contribution in [2.75, 3.05) is 26.7 Å².